The summed E-state index contributed by atoms with van der Waals surface area (Å²) in [6.07, 6.45) is 2.26. The molecule has 0 aliphatic carbocycles. The molecule has 1 heterocycles. The van der Waals surface area contributed by atoms with E-state index in [-0.39, 0.29) is 12.0 Å². The number of likely N-dealkylation sites (tertiary alicyclic amines) is 1. The van der Waals surface area contributed by atoms with Gasteiger partial charge in [-0.3, -0.25) is 4.79 Å². The van der Waals surface area contributed by atoms with Gasteiger partial charge in [0.25, 0.3) is 5.91 Å². The smallest absolute Gasteiger partial charge is 0.255 e. The Morgan fingerprint density at radius 3 is 2.20 bits per heavy atom. The third-order valence-electron chi connectivity index (χ3n) is 7.44. The van der Waals surface area contributed by atoms with Crippen molar-refractivity contribution in [3.63, 3.8) is 0 Å². The predicted octanol–water partition coefficient (Wildman–Crippen LogP) is 6.77. The second kappa shape index (κ2) is 12.8. The number of nitrogens with one attached hydrogen (secondary N) is 1. The molecule has 4 aromatic carbocycles. The molecule has 7 nitrogen and oxygen atoms in total. The number of carbonyl (C=O) groups is 1. The van der Waals surface area contributed by atoms with Gasteiger partial charge in [0, 0.05) is 41.5 Å². The minimum absolute atomic E-state index is 0.211. The van der Waals surface area contributed by atoms with E-state index in [1.807, 2.05) is 72.8 Å². The Balaban J connectivity index is 1.30. The number of hydrogen-bond donors (Lipinski definition) is 1. The summed E-state index contributed by atoms with van der Waals surface area (Å²) in [5, 5.41) is 3.00. The first kappa shape index (κ1) is 28.1. The molecule has 0 aromatic heterocycles. The first-order valence-electron chi connectivity index (χ1n) is 13.7. The Labute approximate surface area is 241 Å². The lowest BCUT2D eigenvalue weighted by molar-refractivity contribution is 0.102. The van der Waals surface area contributed by atoms with E-state index in [4.69, 9.17) is 18.9 Å². The van der Waals surface area contributed by atoms with E-state index in [9.17, 15) is 4.79 Å². The summed E-state index contributed by atoms with van der Waals surface area (Å²) in [7, 11) is 7.05. The molecule has 41 heavy (non-hydrogen) atoms. The summed E-state index contributed by atoms with van der Waals surface area (Å²) >= 11 is 0. The third kappa shape index (κ3) is 6.64. The van der Waals surface area contributed by atoms with Crippen LogP contribution < -0.4 is 24.3 Å². The zero-order chi connectivity index (χ0) is 28.8. The number of anilines is 1. The molecule has 212 valence electrons. The van der Waals surface area contributed by atoms with Crippen LogP contribution in [0.4, 0.5) is 5.69 Å². The van der Waals surface area contributed by atoms with E-state index in [1.165, 1.54) is 0 Å². The normalized spacial score (nSPS) is 13.9. The van der Waals surface area contributed by atoms with Gasteiger partial charge in [-0.1, -0.05) is 24.3 Å². The third-order valence-corrected chi connectivity index (χ3v) is 7.44. The minimum atomic E-state index is -0.211. The number of hydrogen-bond acceptors (Lipinski definition) is 6. The molecule has 5 rings (SSSR count). The summed E-state index contributed by atoms with van der Waals surface area (Å²) in [5.74, 6) is 2.76. The highest BCUT2D eigenvalue weighted by molar-refractivity contribution is 6.05. The van der Waals surface area contributed by atoms with Crippen molar-refractivity contribution >= 4 is 11.6 Å². The number of piperidine rings is 1. The molecule has 1 fully saturated rings. The Hall–Kier alpha value is -4.49. The lowest BCUT2D eigenvalue weighted by atomic mass is 10.0. The van der Waals surface area contributed by atoms with Crippen LogP contribution in [0.2, 0.25) is 0 Å². The second-order valence-electron chi connectivity index (χ2n) is 10.2. The lowest BCUT2D eigenvalue weighted by Crippen LogP contribution is -2.35. The van der Waals surface area contributed by atoms with Crippen LogP contribution in [0.1, 0.15) is 23.2 Å². The Kier molecular flexibility index (Phi) is 8.75. The van der Waals surface area contributed by atoms with E-state index >= 15 is 0 Å². The van der Waals surface area contributed by atoms with Crippen LogP contribution in [-0.4, -0.2) is 58.4 Å². The highest BCUT2D eigenvalue weighted by Crippen LogP contribution is 2.36. The molecule has 4 aromatic rings. The Bertz CT molecular complexity index is 1490. The molecule has 0 bridgehead atoms. The number of methoxy groups -OCH3 is 3. The summed E-state index contributed by atoms with van der Waals surface area (Å²) < 4.78 is 22.9. The Morgan fingerprint density at radius 2 is 1.49 bits per heavy atom. The molecule has 1 saturated heterocycles. The fourth-order valence-corrected chi connectivity index (χ4v) is 5.08. The zero-order valence-corrected chi connectivity index (χ0v) is 24.0. The maximum absolute atomic E-state index is 13.2. The first-order valence-corrected chi connectivity index (χ1v) is 13.7. The van der Waals surface area contributed by atoms with Gasteiger partial charge < -0.3 is 29.2 Å². The van der Waals surface area contributed by atoms with Gasteiger partial charge >= 0.3 is 0 Å². The Morgan fingerprint density at radius 1 is 0.732 bits per heavy atom. The maximum atomic E-state index is 13.2. The molecule has 0 atom stereocenters. The van der Waals surface area contributed by atoms with Crippen molar-refractivity contribution < 1.29 is 23.7 Å². The van der Waals surface area contributed by atoms with Crippen LogP contribution in [0.3, 0.4) is 0 Å². The highest BCUT2D eigenvalue weighted by Gasteiger charge is 2.19. The molecular weight excluding hydrogens is 516 g/mol. The average molecular weight is 553 g/mol. The van der Waals surface area contributed by atoms with Crippen molar-refractivity contribution in [3.05, 3.63) is 90.5 Å². The average Bonchev–Trinajstić information content (AvgIpc) is 3.02. The van der Waals surface area contributed by atoms with Crippen LogP contribution in [0.25, 0.3) is 22.3 Å². The van der Waals surface area contributed by atoms with E-state index < -0.39 is 0 Å². The minimum Gasteiger partial charge on any atom is -0.497 e. The SMILES string of the molecule is COc1cccc(-c2cc(C(=O)Nc3ccc(-c4ccc(OC5CCN(C)CC5)cc4OC)cc3)ccc2OC)c1. The molecule has 0 unspecified atom stereocenters. The molecule has 1 N–H and O–H groups in total. The predicted molar refractivity (Wildman–Crippen MR) is 163 cm³/mol. The van der Waals surface area contributed by atoms with Gasteiger partial charge in [0.05, 0.1) is 21.3 Å². The van der Waals surface area contributed by atoms with Crippen molar-refractivity contribution in [3.8, 4) is 45.3 Å². The summed E-state index contributed by atoms with van der Waals surface area (Å²) in [6, 6.07) is 26.8. The van der Waals surface area contributed by atoms with Gasteiger partial charge in [-0.05, 0) is 85.6 Å². The van der Waals surface area contributed by atoms with Crippen molar-refractivity contribution in [1.82, 2.24) is 4.90 Å². The molecule has 7 heteroatoms. The van der Waals surface area contributed by atoms with Gasteiger partial charge in [-0.15, -0.1) is 0 Å². The number of ether oxygens (including phenoxy) is 4. The maximum Gasteiger partial charge on any atom is 0.255 e. The van der Waals surface area contributed by atoms with Crippen LogP contribution in [0, 0.1) is 0 Å². The summed E-state index contributed by atoms with van der Waals surface area (Å²) in [6.45, 7) is 2.09. The van der Waals surface area contributed by atoms with E-state index in [1.54, 1.807) is 33.5 Å². The monoisotopic (exact) mass is 552 g/mol. The molecule has 1 amide bonds. The van der Waals surface area contributed by atoms with E-state index in [0.29, 0.717) is 17.0 Å². The van der Waals surface area contributed by atoms with Crippen LogP contribution >= 0.6 is 0 Å². The van der Waals surface area contributed by atoms with E-state index in [2.05, 4.69) is 17.3 Å². The topological polar surface area (TPSA) is 69.3 Å². The number of benzene rings is 4. The van der Waals surface area contributed by atoms with Gasteiger partial charge in [0.1, 0.15) is 29.1 Å². The molecule has 1 aliphatic rings. The number of carbonyl (C=O) groups excluding carboxylic acids is 1. The first-order chi connectivity index (χ1) is 20.0. The van der Waals surface area contributed by atoms with Crippen LogP contribution in [0.5, 0.6) is 23.0 Å². The quantitative estimate of drug-likeness (QED) is 0.247. The van der Waals surface area contributed by atoms with Crippen LogP contribution in [-0.2, 0) is 0 Å². The largest absolute Gasteiger partial charge is 0.497 e. The lowest BCUT2D eigenvalue weighted by Gasteiger charge is -2.29. The van der Waals surface area contributed by atoms with Crippen LogP contribution in [0.15, 0.2) is 84.9 Å². The van der Waals surface area contributed by atoms with Crippen molar-refractivity contribution in [1.29, 1.82) is 0 Å². The molecular formula is C34H36N2O5. The molecule has 0 spiro atoms. The van der Waals surface area contributed by atoms with Crippen molar-refractivity contribution in [2.45, 2.75) is 18.9 Å². The van der Waals surface area contributed by atoms with Gasteiger partial charge in [0.2, 0.25) is 0 Å². The molecule has 0 radical (unpaired) electrons. The fourth-order valence-electron chi connectivity index (χ4n) is 5.08. The number of amides is 1. The molecule has 1 aliphatic heterocycles. The zero-order valence-electron chi connectivity index (χ0n) is 24.0. The van der Waals surface area contributed by atoms with Gasteiger partial charge in [-0.25, -0.2) is 0 Å². The highest BCUT2D eigenvalue weighted by atomic mass is 16.5. The number of nitrogens with zero attached hydrogens (tertiary/aromatic N) is 1. The molecule has 0 saturated carbocycles. The fraction of sp³-hybridized carbons (Fsp3) is 0.265. The van der Waals surface area contributed by atoms with E-state index in [0.717, 1.165) is 65.4 Å². The van der Waals surface area contributed by atoms with Crippen molar-refractivity contribution in [2.24, 2.45) is 0 Å². The standard InChI is InChI=1S/C34H36N2O5/c1-36-18-16-27(17-19-36)41-29-13-14-30(33(22-29)40-4)23-8-11-26(12-9-23)35-34(37)25-10-15-32(39-3)31(21-25)24-6-5-7-28(20-24)38-2/h5-15,20-22,27H,16-19H2,1-4H3,(H,35,37). The number of rotatable bonds is 9. The van der Waals surface area contributed by atoms with Crippen molar-refractivity contribution in [2.75, 3.05) is 46.8 Å². The summed E-state index contributed by atoms with van der Waals surface area (Å²) in [5.41, 5.74) is 4.87. The van der Waals surface area contributed by atoms with Gasteiger partial charge in [-0.2, -0.15) is 0 Å². The summed E-state index contributed by atoms with van der Waals surface area (Å²) in [4.78, 5) is 15.5. The second-order valence-corrected chi connectivity index (χ2v) is 10.2. The van der Waals surface area contributed by atoms with Gasteiger partial charge in [0.15, 0.2) is 0 Å².